The number of carboxylic acid groups (broad SMARTS) is 1. The molecule has 1 aromatic carbocycles. The third-order valence-corrected chi connectivity index (χ3v) is 4.19. The van der Waals surface area contributed by atoms with Crippen molar-refractivity contribution in [2.45, 2.75) is 6.92 Å². The molecule has 1 fully saturated rings. The fourth-order valence-corrected chi connectivity index (χ4v) is 2.53. The molecule has 1 unspecified atom stereocenters. The molecule has 0 bridgehead atoms. The summed E-state index contributed by atoms with van der Waals surface area (Å²) in [5.41, 5.74) is 0.576. The number of halogens is 1. The van der Waals surface area contributed by atoms with Gasteiger partial charge in [0.2, 0.25) is 0 Å². The lowest BCUT2D eigenvalue weighted by Gasteiger charge is -2.41. The number of likely N-dealkylation sites (tertiary alicyclic amines) is 1. The minimum absolute atomic E-state index is 0.0117. The molecule has 0 saturated carbocycles. The number of benzene rings is 1. The fraction of sp³-hybridized carbons (Fsp3) is 0.429. The fourth-order valence-electron chi connectivity index (χ4n) is 2.17. The Bertz CT molecular complexity index is 558. The van der Waals surface area contributed by atoms with Gasteiger partial charge < -0.3 is 20.1 Å². The van der Waals surface area contributed by atoms with Crippen LogP contribution in [0.3, 0.4) is 0 Å². The van der Waals surface area contributed by atoms with E-state index in [-0.39, 0.29) is 11.9 Å². The van der Waals surface area contributed by atoms with Crippen molar-refractivity contribution in [3.8, 4) is 5.75 Å². The predicted octanol–water partition coefficient (Wildman–Crippen LogP) is 2.64. The van der Waals surface area contributed by atoms with Gasteiger partial charge in [0.25, 0.3) is 0 Å². The highest BCUT2D eigenvalue weighted by Gasteiger charge is 2.37. The maximum Gasteiger partial charge on any atom is 0.321 e. The normalized spacial score (nSPS) is 16.0. The van der Waals surface area contributed by atoms with Gasteiger partial charge in [-0.2, -0.15) is 0 Å². The van der Waals surface area contributed by atoms with Crippen LogP contribution in [-0.4, -0.2) is 42.2 Å². The zero-order chi connectivity index (χ0) is 15.6. The van der Waals surface area contributed by atoms with Gasteiger partial charge in [0.15, 0.2) is 0 Å². The van der Waals surface area contributed by atoms with E-state index in [4.69, 9.17) is 9.84 Å². The summed E-state index contributed by atoms with van der Waals surface area (Å²) in [6.07, 6.45) is 0. The molecule has 0 spiro atoms. The number of anilines is 1. The molecule has 7 heteroatoms. The van der Waals surface area contributed by atoms with Crippen molar-refractivity contribution in [3.63, 3.8) is 0 Å². The highest BCUT2D eigenvalue weighted by molar-refractivity contribution is 9.10. The smallest absolute Gasteiger partial charge is 0.321 e. The summed E-state index contributed by atoms with van der Waals surface area (Å²) in [5, 5.41) is 11.7. The molecule has 0 aliphatic carbocycles. The minimum Gasteiger partial charge on any atom is -0.495 e. The van der Waals surface area contributed by atoms with Crippen LogP contribution in [0.4, 0.5) is 10.5 Å². The monoisotopic (exact) mass is 356 g/mol. The number of carbonyl (C=O) groups excluding carboxylic acids is 1. The van der Waals surface area contributed by atoms with Gasteiger partial charge in [0, 0.05) is 23.5 Å². The van der Waals surface area contributed by atoms with Crippen molar-refractivity contribution in [2.24, 2.45) is 11.8 Å². The molecule has 1 atom stereocenters. The van der Waals surface area contributed by atoms with Crippen LogP contribution < -0.4 is 10.1 Å². The van der Waals surface area contributed by atoms with Gasteiger partial charge in [-0.3, -0.25) is 4.79 Å². The van der Waals surface area contributed by atoms with Crippen molar-refractivity contribution >= 4 is 33.6 Å². The average Bonchev–Trinajstić information content (AvgIpc) is 2.36. The first kappa shape index (κ1) is 15.6. The van der Waals surface area contributed by atoms with Gasteiger partial charge in [-0.25, -0.2) is 4.79 Å². The lowest BCUT2D eigenvalue weighted by atomic mass is 9.87. The second-order valence-corrected chi connectivity index (χ2v) is 5.98. The predicted molar refractivity (Wildman–Crippen MR) is 81.6 cm³/mol. The Kier molecular flexibility index (Phi) is 4.72. The molecule has 1 heterocycles. The summed E-state index contributed by atoms with van der Waals surface area (Å²) < 4.78 is 6.02. The summed E-state index contributed by atoms with van der Waals surface area (Å²) in [6.45, 7) is 2.57. The van der Waals surface area contributed by atoms with Gasteiger partial charge in [-0.05, 0) is 18.2 Å². The number of nitrogens with zero attached hydrogens (tertiary/aromatic N) is 1. The van der Waals surface area contributed by atoms with E-state index in [0.29, 0.717) is 24.5 Å². The van der Waals surface area contributed by atoms with E-state index in [1.807, 2.05) is 6.07 Å². The minimum atomic E-state index is -0.825. The average molecular weight is 357 g/mol. The van der Waals surface area contributed by atoms with E-state index in [9.17, 15) is 9.59 Å². The third-order valence-electron chi connectivity index (χ3n) is 3.70. The molecule has 2 amide bonds. The van der Waals surface area contributed by atoms with Gasteiger partial charge in [-0.1, -0.05) is 22.9 Å². The van der Waals surface area contributed by atoms with Crippen LogP contribution in [0.25, 0.3) is 0 Å². The van der Waals surface area contributed by atoms with Crippen LogP contribution in [0.1, 0.15) is 6.92 Å². The van der Waals surface area contributed by atoms with E-state index in [2.05, 4.69) is 21.2 Å². The summed E-state index contributed by atoms with van der Waals surface area (Å²) in [5.74, 6) is -0.677. The van der Waals surface area contributed by atoms with E-state index in [1.54, 1.807) is 24.0 Å². The Balaban J connectivity index is 1.95. The Labute approximate surface area is 131 Å². The first-order valence-corrected chi connectivity index (χ1v) is 7.34. The maximum absolute atomic E-state index is 12.1. The number of urea groups is 1. The second kappa shape index (κ2) is 6.34. The van der Waals surface area contributed by atoms with Gasteiger partial charge in [0.1, 0.15) is 5.75 Å². The van der Waals surface area contributed by atoms with Gasteiger partial charge in [0.05, 0.1) is 18.7 Å². The SMILES string of the molecule is COc1ccc(Br)cc1NC(=O)N1CC(C(C)C(=O)O)C1. The van der Waals surface area contributed by atoms with Crippen LogP contribution in [0, 0.1) is 11.8 Å². The number of ether oxygens (including phenoxy) is 1. The van der Waals surface area contributed by atoms with Crippen LogP contribution in [0.15, 0.2) is 22.7 Å². The van der Waals surface area contributed by atoms with E-state index < -0.39 is 11.9 Å². The molecule has 2 rings (SSSR count). The number of methoxy groups -OCH3 is 1. The molecule has 1 saturated heterocycles. The number of carboxylic acids is 1. The molecule has 0 aromatic heterocycles. The zero-order valence-corrected chi connectivity index (χ0v) is 13.4. The molecule has 1 aliphatic rings. The third kappa shape index (κ3) is 3.47. The summed E-state index contributed by atoms with van der Waals surface area (Å²) in [7, 11) is 1.53. The molecule has 1 aromatic rings. The van der Waals surface area contributed by atoms with Crippen LogP contribution in [0.5, 0.6) is 5.75 Å². The first-order chi connectivity index (χ1) is 9.92. The number of hydrogen-bond acceptors (Lipinski definition) is 3. The number of hydrogen-bond donors (Lipinski definition) is 2. The van der Waals surface area contributed by atoms with Gasteiger partial charge >= 0.3 is 12.0 Å². The highest BCUT2D eigenvalue weighted by atomic mass is 79.9. The number of nitrogens with one attached hydrogen (secondary N) is 1. The highest BCUT2D eigenvalue weighted by Crippen LogP contribution is 2.30. The van der Waals surface area contributed by atoms with Crippen LogP contribution in [0.2, 0.25) is 0 Å². The second-order valence-electron chi connectivity index (χ2n) is 5.07. The number of rotatable bonds is 4. The Morgan fingerprint density at radius 1 is 1.48 bits per heavy atom. The molecule has 1 aliphatic heterocycles. The largest absolute Gasteiger partial charge is 0.495 e. The van der Waals surface area contributed by atoms with E-state index in [1.165, 1.54) is 7.11 Å². The Hall–Kier alpha value is -1.76. The lowest BCUT2D eigenvalue weighted by Crippen LogP contribution is -2.54. The molecular formula is C14H17BrN2O4. The van der Waals surface area contributed by atoms with Crippen molar-refractivity contribution < 1.29 is 19.4 Å². The van der Waals surface area contributed by atoms with E-state index in [0.717, 1.165) is 4.47 Å². The molecular weight excluding hydrogens is 340 g/mol. The zero-order valence-electron chi connectivity index (χ0n) is 11.8. The van der Waals surface area contributed by atoms with Crippen LogP contribution in [-0.2, 0) is 4.79 Å². The quantitative estimate of drug-likeness (QED) is 0.868. The van der Waals surface area contributed by atoms with Crippen molar-refractivity contribution in [2.75, 3.05) is 25.5 Å². The standard InChI is InChI=1S/C14H17BrN2O4/c1-8(13(18)19)9-6-17(7-9)14(20)16-11-5-10(15)3-4-12(11)21-2/h3-5,8-9H,6-7H2,1-2H3,(H,16,20)(H,18,19). The van der Waals surface area contributed by atoms with Crippen molar-refractivity contribution in [1.82, 2.24) is 4.90 Å². The number of amides is 2. The summed E-state index contributed by atoms with van der Waals surface area (Å²) in [4.78, 5) is 24.6. The summed E-state index contributed by atoms with van der Waals surface area (Å²) in [6, 6.07) is 5.09. The Morgan fingerprint density at radius 2 is 2.14 bits per heavy atom. The first-order valence-electron chi connectivity index (χ1n) is 6.54. The van der Waals surface area contributed by atoms with Gasteiger partial charge in [-0.15, -0.1) is 0 Å². The molecule has 2 N–H and O–H groups in total. The Morgan fingerprint density at radius 3 is 2.71 bits per heavy atom. The lowest BCUT2D eigenvalue weighted by molar-refractivity contribution is -0.144. The topological polar surface area (TPSA) is 78.9 Å². The summed E-state index contributed by atoms with van der Waals surface area (Å²) >= 11 is 3.34. The number of aliphatic carboxylic acids is 1. The van der Waals surface area contributed by atoms with E-state index >= 15 is 0 Å². The van der Waals surface area contributed by atoms with Crippen molar-refractivity contribution in [1.29, 1.82) is 0 Å². The van der Waals surface area contributed by atoms with Crippen LogP contribution >= 0.6 is 15.9 Å². The molecule has 0 radical (unpaired) electrons. The van der Waals surface area contributed by atoms with Crippen molar-refractivity contribution in [3.05, 3.63) is 22.7 Å². The number of carbonyl (C=O) groups is 2. The maximum atomic E-state index is 12.1. The molecule has 21 heavy (non-hydrogen) atoms. The molecule has 6 nitrogen and oxygen atoms in total. The molecule has 114 valence electrons.